The molecule has 0 aliphatic carbocycles. The minimum absolute atomic E-state index is 0.0939. The number of anilines is 1. The van der Waals surface area contributed by atoms with Gasteiger partial charge in [0, 0.05) is 10.7 Å². The van der Waals surface area contributed by atoms with Crippen LogP contribution in [-0.4, -0.2) is 31.7 Å². The van der Waals surface area contributed by atoms with Crippen LogP contribution in [0.15, 0.2) is 18.2 Å². The molecule has 19 heavy (non-hydrogen) atoms. The van der Waals surface area contributed by atoms with Crippen LogP contribution in [0.3, 0.4) is 0 Å². The summed E-state index contributed by atoms with van der Waals surface area (Å²) in [5.74, 6) is -0.135. The SMILES string of the molecule is Cc1ccc(Cl)cc1NC(=O)COC1CCNCC1. The van der Waals surface area contributed by atoms with E-state index < -0.39 is 0 Å². The van der Waals surface area contributed by atoms with Gasteiger partial charge in [-0.2, -0.15) is 0 Å². The first kappa shape index (κ1) is 14.3. The van der Waals surface area contributed by atoms with Gasteiger partial charge in [-0.1, -0.05) is 17.7 Å². The third-order valence-electron chi connectivity index (χ3n) is 3.21. The monoisotopic (exact) mass is 282 g/mol. The number of hydrogen-bond acceptors (Lipinski definition) is 3. The van der Waals surface area contributed by atoms with Gasteiger partial charge in [-0.3, -0.25) is 4.79 Å². The van der Waals surface area contributed by atoms with E-state index >= 15 is 0 Å². The molecule has 1 aliphatic rings. The van der Waals surface area contributed by atoms with Gasteiger partial charge in [0.1, 0.15) is 6.61 Å². The first-order chi connectivity index (χ1) is 9.15. The number of benzene rings is 1. The quantitative estimate of drug-likeness (QED) is 0.891. The zero-order valence-corrected chi connectivity index (χ0v) is 11.8. The number of piperidine rings is 1. The molecule has 0 spiro atoms. The molecular formula is C14H19ClN2O2. The van der Waals surface area contributed by atoms with Crippen molar-refractivity contribution in [3.05, 3.63) is 28.8 Å². The lowest BCUT2D eigenvalue weighted by Crippen LogP contribution is -2.34. The van der Waals surface area contributed by atoms with E-state index in [1.165, 1.54) is 0 Å². The first-order valence-electron chi connectivity index (χ1n) is 6.53. The molecule has 104 valence electrons. The van der Waals surface area contributed by atoms with Gasteiger partial charge in [-0.05, 0) is 50.6 Å². The maximum absolute atomic E-state index is 11.8. The topological polar surface area (TPSA) is 50.4 Å². The number of carbonyl (C=O) groups excluding carboxylic acids is 1. The van der Waals surface area contributed by atoms with Crippen molar-refractivity contribution in [1.82, 2.24) is 5.32 Å². The summed E-state index contributed by atoms with van der Waals surface area (Å²) in [7, 11) is 0. The Hall–Kier alpha value is -1.10. The summed E-state index contributed by atoms with van der Waals surface area (Å²) < 4.78 is 5.60. The van der Waals surface area contributed by atoms with E-state index in [0.29, 0.717) is 5.02 Å². The van der Waals surface area contributed by atoms with Gasteiger partial charge in [-0.15, -0.1) is 0 Å². The molecule has 0 bridgehead atoms. The number of halogens is 1. The van der Waals surface area contributed by atoms with Crippen LogP contribution in [0.1, 0.15) is 18.4 Å². The highest BCUT2D eigenvalue weighted by atomic mass is 35.5. The van der Waals surface area contributed by atoms with Gasteiger partial charge in [0.2, 0.25) is 5.91 Å². The molecule has 1 aliphatic heterocycles. The van der Waals surface area contributed by atoms with Gasteiger partial charge < -0.3 is 15.4 Å². The van der Waals surface area contributed by atoms with Gasteiger partial charge in [0.15, 0.2) is 0 Å². The minimum Gasteiger partial charge on any atom is -0.368 e. The number of hydrogen-bond donors (Lipinski definition) is 2. The Kier molecular flexibility index (Phi) is 5.19. The summed E-state index contributed by atoms with van der Waals surface area (Å²) in [6.07, 6.45) is 2.11. The molecule has 1 fully saturated rings. The molecule has 1 saturated heterocycles. The van der Waals surface area contributed by atoms with Crippen LogP contribution in [0, 0.1) is 6.92 Å². The Morgan fingerprint density at radius 1 is 1.47 bits per heavy atom. The van der Waals surface area contributed by atoms with E-state index in [1.807, 2.05) is 13.0 Å². The van der Waals surface area contributed by atoms with E-state index in [2.05, 4.69) is 10.6 Å². The van der Waals surface area contributed by atoms with Crippen molar-refractivity contribution < 1.29 is 9.53 Å². The molecular weight excluding hydrogens is 264 g/mol. The van der Waals surface area contributed by atoms with Crippen LogP contribution in [-0.2, 0) is 9.53 Å². The smallest absolute Gasteiger partial charge is 0.250 e. The van der Waals surface area contributed by atoms with E-state index in [-0.39, 0.29) is 18.6 Å². The average molecular weight is 283 g/mol. The Morgan fingerprint density at radius 3 is 2.95 bits per heavy atom. The molecule has 1 amide bonds. The second-order valence-electron chi connectivity index (χ2n) is 4.77. The van der Waals surface area contributed by atoms with Gasteiger partial charge in [0.25, 0.3) is 0 Å². The third kappa shape index (κ3) is 4.49. The predicted octanol–water partition coefficient (Wildman–Crippen LogP) is 2.36. The zero-order valence-electron chi connectivity index (χ0n) is 11.0. The van der Waals surface area contributed by atoms with E-state index in [1.54, 1.807) is 12.1 Å². The number of ether oxygens (including phenoxy) is 1. The molecule has 5 heteroatoms. The van der Waals surface area contributed by atoms with Gasteiger partial charge >= 0.3 is 0 Å². The number of nitrogens with one attached hydrogen (secondary N) is 2. The van der Waals surface area contributed by atoms with Crippen LogP contribution < -0.4 is 10.6 Å². The van der Waals surface area contributed by atoms with Crippen molar-refractivity contribution >= 4 is 23.2 Å². The summed E-state index contributed by atoms with van der Waals surface area (Å²) in [5.41, 5.74) is 1.73. The maximum Gasteiger partial charge on any atom is 0.250 e. The van der Waals surface area contributed by atoms with Crippen molar-refractivity contribution in [3.63, 3.8) is 0 Å². The number of carbonyl (C=O) groups is 1. The Labute approximate surface area is 118 Å². The van der Waals surface area contributed by atoms with E-state index in [0.717, 1.165) is 37.2 Å². The normalized spacial score (nSPS) is 16.3. The molecule has 4 nitrogen and oxygen atoms in total. The lowest BCUT2D eigenvalue weighted by Gasteiger charge is -2.22. The van der Waals surface area contributed by atoms with Crippen molar-refractivity contribution in [2.45, 2.75) is 25.9 Å². The molecule has 1 aromatic carbocycles. The van der Waals surface area contributed by atoms with Crippen LogP contribution in [0.25, 0.3) is 0 Å². The maximum atomic E-state index is 11.8. The fourth-order valence-corrected chi connectivity index (χ4v) is 2.24. The van der Waals surface area contributed by atoms with Gasteiger partial charge in [-0.25, -0.2) is 0 Å². The second-order valence-corrected chi connectivity index (χ2v) is 5.20. The molecule has 1 heterocycles. The highest BCUT2D eigenvalue weighted by molar-refractivity contribution is 6.31. The van der Waals surface area contributed by atoms with Crippen molar-refractivity contribution in [2.24, 2.45) is 0 Å². The van der Waals surface area contributed by atoms with Crippen LogP contribution in [0.4, 0.5) is 5.69 Å². The number of rotatable bonds is 4. The van der Waals surface area contributed by atoms with E-state index in [4.69, 9.17) is 16.3 Å². The van der Waals surface area contributed by atoms with Crippen LogP contribution in [0.2, 0.25) is 5.02 Å². The molecule has 2 rings (SSSR count). The van der Waals surface area contributed by atoms with Crippen molar-refractivity contribution in [1.29, 1.82) is 0 Å². The molecule has 0 atom stereocenters. The van der Waals surface area contributed by atoms with Crippen LogP contribution >= 0.6 is 11.6 Å². The minimum atomic E-state index is -0.135. The Bertz CT molecular complexity index is 445. The van der Waals surface area contributed by atoms with Gasteiger partial charge in [0.05, 0.1) is 6.10 Å². The van der Waals surface area contributed by atoms with Crippen molar-refractivity contribution in [2.75, 3.05) is 25.0 Å². The highest BCUT2D eigenvalue weighted by Gasteiger charge is 2.15. The summed E-state index contributed by atoms with van der Waals surface area (Å²) in [6.45, 7) is 3.94. The fraction of sp³-hybridized carbons (Fsp3) is 0.500. The molecule has 0 aromatic heterocycles. The third-order valence-corrected chi connectivity index (χ3v) is 3.45. The molecule has 2 N–H and O–H groups in total. The predicted molar refractivity (Wildman–Crippen MR) is 76.7 cm³/mol. The lowest BCUT2D eigenvalue weighted by atomic mass is 10.1. The summed E-state index contributed by atoms with van der Waals surface area (Å²) in [5, 5.41) is 6.70. The average Bonchev–Trinajstić information content (AvgIpc) is 2.42. The summed E-state index contributed by atoms with van der Waals surface area (Å²) >= 11 is 5.91. The summed E-state index contributed by atoms with van der Waals surface area (Å²) in [4.78, 5) is 11.8. The highest BCUT2D eigenvalue weighted by Crippen LogP contribution is 2.20. The van der Waals surface area contributed by atoms with Crippen LogP contribution in [0.5, 0.6) is 0 Å². The zero-order chi connectivity index (χ0) is 13.7. The van der Waals surface area contributed by atoms with E-state index in [9.17, 15) is 4.79 Å². The lowest BCUT2D eigenvalue weighted by molar-refractivity contribution is -0.123. The number of amides is 1. The Morgan fingerprint density at radius 2 is 2.21 bits per heavy atom. The molecule has 0 unspecified atom stereocenters. The van der Waals surface area contributed by atoms with Crippen molar-refractivity contribution in [3.8, 4) is 0 Å². The summed E-state index contributed by atoms with van der Waals surface area (Å²) in [6, 6.07) is 5.43. The molecule has 0 radical (unpaired) electrons. The second kappa shape index (κ2) is 6.89. The first-order valence-corrected chi connectivity index (χ1v) is 6.91. The fourth-order valence-electron chi connectivity index (χ4n) is 2.07. The largest absolute Gasteiger partial charge is 0.368 e. The number of aryl methyl sites for hydroxylation is 1. The molecule has 0 saturated carbocycles. The Balaban J connectivity index is 1.81. The standard InChI is InChI=1S/C14H19ClN2O2/c1-10-2-3-11(15)8-13(10)17-14(18)9-19-12-4-6-16-7-5-12/h2-3,8,12,16H,4-7,9H2,1H3,(H,17,18). The molecule has 1 aromatic rings.